The molecular weight excluding hydrogens is 270 g/mol. The third-order valence-electron chi connectivity index (χ3n) is 2.33. The highest BCUT2D eigenvalue weighted by atomic mass is 16.6. The Kier molecular flexibility index (Phi) is 4.58. The van der Waals surface area contributed by atoms with E-state index >= 15 is 0 Å². The van der Waals surface area contributed by atoms with Crippen molar-refractivity contribution < 1.29 is 24.7 Å². The van der Waals surface area contributed by atoms with Crippen molar-refractivity contribution in [3.05, 3.63) is 33.9 Å². The van der Waals surface area contributed by atoms with Gasteiger partial charge in [0.25, 0.3) is 5.69 Å². The first-order valence-corrected chi connectivity index (χ1v) is 5.25. The summed E-state index contributed by atoms with van der Waals surface area (Å²) in [5.41, 5.74) is -0.552. The van der Waals surface area contributed by atoms with Crippen LogP contribution in [0.15, 0.2) is 18.2 Å². The van der Waals surface area contributed by atoms with Crippen LogP contribution in [0.5, 0.6) is 0 Å². The van der Waals surface area contributed by atoms with Crippen LogP contribution in [-0.2, 0) is 9.59 Å². The van der Waals surface area contributed by atoms with Gasteiger partial charge in [-0.15, -0.1) is 0 Å². The molecule has 0 heterocycles. The summed E-state index contributed by atoms with van der Waals surface area (Å²) in [6, 6.07) is 3.55. The minimum atomic E-state index is -1.40. The van der Waals surface area contributed by atoms with Crippen LogP contribution in [0, 0.1) is 21.4 Å². The molecule has 9 heteroatoms. The summed E-state index contributed by atoms with van der Waals surface area (Å²) >= 11 is 0. The molecule has 1 unspecified atom stereocenters. The van der Waals surface area contributed by atoms with E-state index in [1.165, 1.54) is 6.07 Å². The zero-order valence-electron chi connectivity index (χ0n) is 9.94. The van der Waals surface area contributed by atoms with Crippen LogP contribution >= 0.6 is 0 Å². The van der Waals surface area contributed by atoms with E-state index in [0.29, 0.717) is 0 Å². The topological polar surface area (TPSA) is 154 Å². The molecule has 1 atom stereocenters. The minimum Gasteiger partial charge on any atom is -0.481 e. The number of nitriles is 1. The van der Waals surface area contributed by atoms with Crippen molar-refractivity contribution in [2.45, 2.75) is 12.5 Å². The monoisotopic (exact) mass is 279 g/mol. The van der Waals surface area contributed by atoms with Gasteiger partial charge >= 0.3 is 11.9 Å². The van der Waals surface area contributed by atoms with E-state index in [9.17, 15) is 19.7 Å². The number of nitro groups is 1. The first kappa shape index (κ1) is 14.9. The van der Waals surface area contributed by atoms with Gasteiger partial charge in [-0.2, -0.15) is 5.26 Å². The summed E-state index contributed by atoms with van der Waals surface area (Å²) < 4.78 is 0. The maximum absolute atomic E-state index is 10.9. The van der Waals surface area contributed by atoms with Gasteiger partial charge in [0, 0.05) is 11.8 Å². The second-order valence-corrected chi connectivity index (χ2v) is 3.73. The Balaban J connectivity index is 3.03. The van der Waals surface area contributed by atoms with Gasteiger partial charge in [-0.3, -0.25) is 14.9 Å². The molecule has 1 aromatic rings. The van der Waals surface area contributed by atoms with E-state index in [0.717, 1.165) is 12.1 Å². The van der Waals surface area contributed by atoms with Gasteiger partial charge in [0.1, 0.15) is 17.7 Å². The first-order chi connectivity index (χ1) is 9.35. The predicted octanol–water partition coefficient (Wildman–Crippen LogP) is 0.806. The molecule has 9 nitrogen and oxygen atoms in total. The molecule has 0 aromatic heterocycles. The molecule has 0 spiro atoms. The van der Waals surface area contributed by atoms with Gasteiger partial charge in [-0.05, 0) is 12.1 Å². The lowest BCUT2D eigenvalue weighted by Gasteiger charge is -2.13. The number of aliphatic carboxylic acids is 2. The number of nitrogens with one attached hydrogen (secondary N) is 1. The van der Waals surface area contributed by atoms with E-state index in [1.54, 1.807) is 6.07 Å². The molecule has 0 aliphatic heterocycles. The maximum Gasteiger partial charge on any atom is 0.326 e. The molecule has 0 aliphatic carbocycles. The Bertz CT molecular complexity index is 607. The number of hydrogen-bond donors (Lipinski definition) is 3. The summed E-state index contributed by atoms with van der Waals surface area (Å²) in [7, 11) is 0. The molecule has 1 rings (SSSR count). The molecule has 0 saturated carbocycles. The van der Waals surface area contributed by atoms with Crippen LogP contribution in [0.3, 0.4) is 0 Å². The van der Waals surface area contributed by atoms with E-state index in [1.807, 2.05) is 0 Å². The SMILES string of the molecule is N#Cc1cc(NC(CC(=O)O)C(=O)O)ccc1[N+](=O)[O-]. The third-order valence-corrected chi connectivity index (χ3v) is 2.33. The fourth-order valence-corrected chi connectivity index (χ4v) is 1.45. The standard InChI is InChI=1S/C11H9N3O6/c12-5-6-3-7(1-2-9(6)14(19)20)13-8(11(17)18)4-10(15)16/h1-3,8,13H,4H2,(H,15,16)(H,17,18). The van der Waals surface area contributed by atoms with Gasteiger partial charge in [0.2, 0.25) is 0 Å². The zero-order valence-corrected chi connectivity index (χ0v) is 9.94. The highest BCUT2D eigenvalue weighted by Gasteiger charge is 2.22. The van der Waals surface area contributed by atoms with Crippen molar-refractivity contribution >= 4 is 23.3 Å². The summed E-state index contributed by atoms with van der Waals surface area (Å²) in [5, 5.41) is 39.3. The van der Waals surface area contributed by atoms with Crippen LogP contribution in [0.4, 0.5) is 11.4 Å². The van der Waals surface area contributed by atoms with Gasteiger partial charge in [-0.1, -0.05) is 0 Å². The van der Waals surface area contributed by atoms with E-state index < -0.39 is 35.0 Å². The molecule has 20 heavy (non-hydrogen) atoms. The van der Waals surface area contributed by atoms with E-state index in [4.69, 9.17) is 15.5 Å². The molecule has 0 fully saturated rings. The molecule has 0 amide bonds. The van der Waals surface area contributed by atoms with Crippen LogP contribution in [0.2, 0.25) is 0 Å². The zero-order chi connectivity index (χ0) is 15.3. The number of carboxylic acid groups (broad SMARTS) is 2. The average Bonchev–Trinajstić information content (AvgIpc) is 2.36. The quantitative estimate of drug-likeness (QED) is 0.510. The lowest BCUT2D eigenvalue weighted by Crippen LogP contribution is -2.31. The smallest absolute Gasteiger partial charge is 0.326 e. The van der Waals surface area contributed by atoms with Crippen LogP contribution < -0.4 is 5.32 Å². The fourth-order valence-electron chi connectivity index (χ4n) is 1.45. The number of carbonyl (C=O) groups is 2. The van der Waals surface area contributed by atoms with Gasteiger partial charge in [-0.25, -0.2) is 4.79 Å². The Morgan fingerprint density at radius 1 is 1.45 bits per heavy atom. The first-order valence-electron chi connectivity index (χ1n) is 5.25. The lowest BCUT2D eigenvalue weighted by molar-refractivity contribution is -0.385. The van der Waals surface area contributed by atoms with Gasteiger partial charge < -0.3 is 15.5 Å². The number of nitrogens with zero attached hydrogens (tertiary/aromatic N) is 2. The molecule has 104 valence electrons. The molecule has 0 radical (unpaired) electrons. The van der Waals surface area contributed by atoms with Crippen molar-refractivity contribution in [1.82, 2.24) is 0 Å². The summed E-state index contributed by atoms with van der Waals surface area (Å²) in [6.45, 7) is 0. The maximum atomic E-state index is 10.9. The summed E-state index contributed by atoms with van der Waals surface area (Å²) in [5.74, 6) is -2.70. The normalized spacial score (nSPS) is 11.2. The number of hydrogen-bond acceptors (Lipinski definition) is 6. The van der Waals surface area contributed by atoms with Gasteiger partial charge in [0.05, 0.1) is 11.3 Å². The number of benzene rings is 1. The summed E-state index contributed by atoms with van der Waals surface area (Å²) in [4.78, 5) is 31.3. The Morgan fingerprint density at radius 2 is 2.10 bits per heavy atom. The second-order valence-electron chi connectivity index (χ2n) is 3.73. The van der Waals surface area contributed by atoms with Crippen LogP contribution in [0.25, 0.3) is 0 Å². The lowest BCUT2D eigenvalue weighted by atomic mass is 10.1. The van der Waals surface area contributed by atoms with Crippen molar-refractivity contribution in [2.24, 2.45) is 0 Å². The molecule has 0 aliphatic rings. The fraction of sp³-hybridized carbons (Fsp3) is 0.182. The minimum absolute atomic E-state index is 0.112. The largest absolute Gasteiger partial charge is 0.481 e. The molecule has 1 aromatic carbocycles. The molecule has 3 N–H and O–H groups in total. The molecule has 0 bridgehead atoms. The predicted molar refractivity (Wildman–Crippen MR) is 65.1 cm³/mol. The second kappa shape index (κ2) is 6.14. The van der Waals surface area contributed by atoms with Crippen molar-refractivity contribution in [1.29, 1.82) is 5.26 Å². The number of anilines is 1. The summed E-state index contributed by atoms with van der Waals surface area (Å²) in [6.07, 6.45) is -0.672. The average molecular weight is 279 g/mol. The van der Waals surface area contributed by atoms with Crippen LogP contribution in [-0.4, -0.2) is 33.1 Å². The van der Waals surface area contributed by atoms with Crippen molar-refractivity contribution in [2.75, 3.05) is 5.32 Å². The van der Waals surface area contributed by atoms with Gasteiger partial charge in [0.15, 0.2) is 0 Å². The Hall–Kier alpha value is -3.15. The molecular formula is C11H9N3O6. The third kappa shape index (κ3) is 3.67. The number of nitro benzene ring substituents is 1. The van der Waals surface area contributed by atoms with Crippen LogP contribution in [0.1, 0.15) is 12.0 Å². The number of carboxylic acids is 2. The van der Waals surface area contributed by atoms with E-state index in [2.05, 4.69) is 5.32 Å². The Labute approximate surface area is 112 Å². The highest BCUT2D eigenvalue weighted by molar-refractivity contribution is 5.83. The number of rotatable bonds is 6. The van der Waals surface area contributed by atoms with Crippen molar-refractivity contribution in [3.63, 3.8) is 0 Å². The van der Waals surface area contributed by atoms with E-state index in [-0.39, 0.29) is 11.3 Å². The van der Waals surface area contributed by atoms with Crippen molar-refractivity contribution in [3.8, 4) is 6.07 Å². The Morgan fingerprint density at radius 3 is 2.55 bits per heavy atom. The highest BCUT2D eigenvalue weighted by Crippen LogP contribution is 2.22. The molecule has 0 saturated heterocycles.